The third-order valence-electron chi connectivity index (χ3n) is 2.89. The van der Waals surface area contributed by atoms with E-state index >= 15 is 0 Å². The van der Waals surface area contributed by atoms with Gasteiger partial charge in [-0.1, -0.05) is 25.0 Å². The quantitative estimate of drug-likeness (QED) is 0.856. The van der Waals surface area contributed by atoms with E-state index in [2.05, 4.69) is 5.11 Å². The second kappa shape index (κ2) is 5.29. The molecule has 1 aromatic rings. The third-order valence-corrected chi connectivity index (χ3v) is 2.89. The molecule has 3 nitrogen and oxygen atoms in total. The number of benzene rings is 1. The summed E-state index contributed by atoms with van der Waals surface area (Å²) in [6.07, 6.45) is -3.45. The van der Waals surface area contributed by atoms with Crippen molar-refractivity contribution in [2.75, 3.05) is 20.4 Å². The second-order valence-corrected chi connectivity index (χ2v) is 4.17. The number of phenolic OH excluding ortho intramolecular Hbond substituents is 1. The Kier molecular flexibility index (Phi) is 1.32. The smallest absolute Gasteiger partial charge is 0.293 e. The number of phenols is 1. The van der Waals surface area contributed by atoms with Crippen LogP contribution in [0.2, 0.25) is 0 Å². The summed E-state index contributed by atoms with van der Waals surface area (Å²) < 4.78 is 104. The van der Waals surface area contributed by atoms with Crippen LogP contribution in [0.15, 0.2) is 24.3 Å². The molecule has 100 valence electrons. The molecule has 2 N–H and O–H groups in total. The minimum absolute atomic E-state index is 0.0917. The maximum Gasteiger partial charge on any atom is 0.293 e. The van der Waals surface area contributed by atoms with E-state index in [-0.39, 0.29) is 24.2 Å². The first-order valence-corrected chi connectivity index (χ1v) is 5.61. The predicted molar refractivity (Wildman–Crippen MR) is 72.5 cm³/mol. The number of nitrogens with zero attached hydrogens (tertiary/aromatic N) is 1. The molecule has 0 radical (unpaired) electrons. The maximum atomic E-state index is 9.05. The molecule has 0 aromatic heterocycles. The Labute approximate surface area is 127 Å². The zero-order chi connectivity index (χ0) is 24.1. The number of hydrogen-bond donors (Lipinski definition) is 2. The molecule has 1 fully saturated rings. The summed E-state index contributed by atoms with van der Waals surface area (Å²) in [5.41, 5.74) is -3.02. The van der Waals surface area contributed by atoms with Crippen molar-refractivity contribution in [3.05, 3.63) is 29.8 Å². The van der Waals surface area contributed by atoms with Gasteiger partial charge in [-0.15, -0.1) is 0 Å². The average Bonchev–Trinajstić information content (AvgIpc) is 2.58. The number of aromatic hydroxyl groups is 1. The van der Waals surface area contributed by atoms with E-state index in [4.69, 9.17) is 23.0 Å². The van der Waals surface area contributed by atoms with E-state index < -0.39 is 49.6 Å². The zero-order valence-corrected chi connectivity index (χ0v) is 9.69. The molecule has 3 heteroatoms. The average molecular weight is 262 g/mol. The van der Waals surface area contributed by atoms with E-state index in [0.717, 1.165) is 6.07 Å². The fourth-order valence-corrected chi connectivity index (χ4v) is 2.07. The molecule has 1 aromatic carbocycles. The number of aliphatic hydroxyl groups is 1. The third kappa shape index (κ3) is 2.68. The van der Waals surface area contributed by atoms with Crippen molar-refractivity contribution in [3.63, 3.8) is 0 Å². The lowest BCUT2D eigenvalue weighted by atomic mass is 9.71. The van der Waals surface area contributed by atoms with Crippen LogP contribution in [0.1, 0.15) is 46.3 Å². The van der Waals surface area contributed by atoms with Crippen LogP contribution >= 0.6 is 0 Å². The molecule has 0 heterocycles. The van der Waals surface area contributed by atoms with Gasteiger partial charge in [-0.3, -0.25) is 0 Å². The van der Waals surface area contributed by atoms with Crippen LogP contribution in [-0.4, -0.2) is 38.4 Å². The summed E-state index contributed by atoms with van der Waals surface area (Å²) in [5.74, 6) is -3.03. The molecule has 2 atom stereocenters. The van der Waals surface area contributed by atoms with Crippen molar-refractivity contribution in [1.29, 1.82) is 2.86 Å². The van der Waals surface area contributed by atoms with E-state index in [0.29, 0.717) is 0 Å². The van der Waals surface area contributed by atoms with Crippen molar-refractivity contribution in [2.45, 2.75) is 31.2 Å². The lowest BCUT2D eigenvalue weighted by Gasteiger charge is -2.41. The number of hydrogen-bond acceptors (Lipinski definition) is 3. The highest BCUT2D eigenvalue weighted by atomic mass is 16.3. The van der Waals surface area contributed by atoms with Crippen molar-refractivity contribution in [2.24, 2.45) is 5.89 Å². The molecule has 0 saturated heterocycles. The van der Waals surface area contributed by atoms with Gasteiger partial charge < -0.3 is 15.1 Å². The monoisotopic (exact) mass is 262 g/mol. The van der Waals surface area contributed by atoms with E-state index in [1.165, 1.54) is 18.2 Å². The normalized spacial score (nSPS) is 47.9. The zero-order valence-electron chi connectivity index (χ0n) is 22.7. The lowest BCUT2D eigenvalue weighted by Crippen LogP contribution is -2.43. The second-order valence-electron chi connectivity index (χ2n) is 4.17. The Hall–Kier alpha value is -1.06. The molecule has 1 aliphatic carbocycles. The van der Waals surface area contributed by atoms with Gasteiger partial charge in [-0.25, -0.2) is 0 Å². The van der Waals surface area contributed by atoms with E-state index in [1.807, 2.05) is 0 Å². The van der Waals surface area contributed by atoms with E-state index in [1.54, 1.807) is 0 Å². The highest BCUT2D eigenvalue weighted by Gasteiger charge is 2.40. The molecule has 1 saturated carbocycles. The van der Waals surface area contributed by atoms with Crippen LogP contribution in [-0.2, 0) is 5.60 Å². The fraction of sp³-hybridized carbons (Fsp3) is 0.600. The molecule has 0 unspecified atom stereocenters. The predicted octanol–water partition coefficient (Wildman–Crippen LogP) is 2.33. The molecule has 0 spiro atoms. The van der Waals surface area contributed by atoms with E-state index in [9.17, 15) is 0 Å². The molecule has 0 bridgehead atoms. The van der Waals surface area contributed by atoms with Crippen LogP contribution in [0, 0.1) is 5.89 Å². The summed E-state index contributed by atoms with van der Waals surface area (Å²) in [7, 11) is 0. The van der Waals surface area contributed by atoms with Gasteiger partial charge in [0.15, 0.2) is 0 Å². The Morgan fingerprint density at radius 2 is 2.61 bits per heavy atom. The molecule has 0 amide bonds. The van der Waals surface area contributed by atoms with Gasteiger partial charge >= 0.3 is 0 Å². The highest BCUT2D eigenvalue weighted by molar-refractivity contribution is 5.32. The Balaban J connectivity index is 2.91. The largest absolute Gasteiger partial charge is 0.508 e. The SMILES string of the molecule is [2H]Oc1cccc([C@]2(O[2H])C([2H])([2H])CCC[C@@]2([2H])C([2H])([2H])N(C([2H])([2H])[2H])C([2H])([2H])[2H])c1. The van der Waals surface area contributed by atoms with Gasteiger partial charge in [0.1, 0.15) is 5.75 Å². The summed E-state index contributed by atoms with van der Waals surface area (Å²) in [6.45, 7) is -10.6. The van der Waals surface area contributed by atoms with Crippen molar-refractivity contribution >= 4 is 0 Å². The molecular weight excluding hydrogens is 226 g/mol. The molecular formula is C15H23NO2. The van der Waals surface area contributed by atoms with Crippen LogP contribution in [0.4, 0.5) is 0 Å². The fourth-order valence-electron chi connectivity index (χ4n) is 2.07. The summed E-state index contributed by atoms with van der Waals surface area (Å²) in [4.78, 5) is -0.417. The Morgan fingerprint density at radius 1 is 1.67 bits per heavy atom. The lowest BCUT2D eigenvalue weighted by molar-refractivity contribution is -0.0619. The molecule has 18 heavy (non-hydrogen) atoms. The van der Waals surface area contributed by atoms with Crippen LogP contribution in [0.25, 0.3) is 0 Å². The van der Waals surface area contributed by atoms with Crippen LogP contribution in [0.5, 0.6) is 5.75 Å². The summed E-state index contributed by atoms with van der Waals surface area (Å²) in [6, 6.07) is 4.95. The molecule has 2 rings (SSSR count). The summed E-state index contributed by atoms with van der Waals surface area (Å²) in [5, 5.41) is 9.17. The first-order chi connectivity index (χ1) is 13.9. The van der Waals surface area contributed by atoms with Crippen molar-refractivity contribution in [3.8, 4) is 5.75 Å². The topological polar surface area (TPSA) is 43.7 Å². The molecule has 1 aliphatic rings. The standard InChI is InChI=1S/C15H23NO2/c1-16(2)11-13-6-3-4-9-15(13,18)12-7-5-8-14(17)10-12/h5,7-8,10,13,17-18H,3-4,6,9,11H2,1-2H3/t13-,15+/m0/s1/i1D3,2D3,9D2,11D2,13D,18D/hD. The van der Waals surface area contributed by atoms with Gasteiger partial charge in [-0.05, 0) is 44.4 Å². The van der Waals surface area contributed by atoms with Gasteiger partial charge in [0.2, 0.25) is 1.43 Å². The maximum absolute atomic E-state index is 9.05. The van der Waals surface area contributed by atoms with Gasteiger partial charge in [-0.2, -0.15) is 0 Å². The minimum atomic E-state index is -3.52. The van der Waals surface area contributed by atoms with Crippen molar-refractivity contribution < 1.29 is 25.3 Å². The first-order valence-electron chi connectivity index (χ1n) is 11.9. The highest BCUT2D eigenvalue weighted by Crippen LogP contribution is 2.42. The molecule has 0 aliphatic heterocycles. The summed E-state index contributed by atoms with van der Waals surface area (Å²) >= 11 is 0. The van der Waals surface area contributed by atoms with Gasteiger partial charge in [0.25, 0.3) is 1.43 Å². The number of rotatable bonds is 5. The Bertz CT molecular complexity index is 782. The van der Waals surface area contributed by atoms with Crippen LogP contribution in [0.3, 0.4) is 0 Å². The van der Waals surface area contributed by atoms with Crippen molar-refractivity contribution in [1.82, 2.24) is 4.90 Å². The van der Waals surface area contributed by atoms with Gasteiger partial charge in [0, 0.05) is 27.5 Å². The van der Waals surface area contributed by atoms with Gasteiger partial charge in [0.05, 0.1) is 5.60 Å². The Morgan fingerprint density at radius 3 is 3.39 bits per heavy atom. The minimum Gasteiger partial charge on any atom is -0.508 e. The van der Waals surface area contributed by atoms with Crippen LogP contribution < -0.4 is 0 Å². The first kappa shape index (κ1) is 4.50.